The second kappa shape index (κ2) is 4.74. The summed E-state index contributed by atoms with van der Waals surface area (Å²) in [4.78, 5) is 16.5. The maximum Gasteiger partial charge on any atom is 0.271 e. The van der Waals surface area contributed by atoms with Crippen molar-refractivity contribution >= 4 is 17.7 Å². The Kier molecular flexibility index (Phi) is 3.14. The topological polar surface area (TPSA) is 58.7 Å². The third-order valence-corrected chi connectivity index (χ3v) is 2.55. The van der Waals surface area contributed by atoms with Crippen molar-refractivity contribution in [2.24, 2.45) is 4.99 Å². The molecular weight excluding hydrogens is 206 g/mol. The van der Waals surface area contributed by atoms with Gasteiger partial charge in [-0.1, -0.05) is 6.07 Å². The van der Waals surface area contributed by atoms with Crippen LogP contribution in [0.15, 0.2) is 29.3 Å². The van der Waals surface area contributed by atoms with Gasteiger partial charge in [-0.15, -0.1) is 0 Å². The number of nitro benzene ring substituents is 1. The quantitative estimate of drug-likeness (QED) is 0.339. The van der Waals surface area contributed by atoms with Crippen LogP contribution >= 0.6 is 0 Å². The summed E-state index contributed by atoms with van der Waals surface area (Å²) in [5.41, 5.74) is 0.706. The van der Waals surface area contributed by atoms with Crippen LogP contribution in [0.5, 0.6) is 0 Å². The predicted molar refractivity (Wildman–Crippen MR) is 62.1 cm³/mol. The summed E-state index contributed by atoms with van der Waals surface area (Å²) in [6.07, 6.45) is 4.16. The minimum absolute atomic E-state index is 0.0797. The van der Waals surface area contributed by atoms with Crippen LogP contribution in [0.1, 0.15) is 12.8 Å². The molecule has 1 aromatic carbocycles. The standard InChI is InChI=1S/C11H13N3O2/c15-14(16)11-5-3-4-10(8-11)12-9-13-6-1-2-7-13/h3-5,8-9H,1-2,6-7H2. The third-order valence-electron chi connectivity index (χ3n) is 2.55. The third kappa shape index (κ3) is 2.56. The van der Waals surface area contributed by atoms with Crippen LogP contribution < -0.4 is 0 Å². The van der Waals surface area contributed by atoms with Gasteiger partial charge in [-0.3, -0.25) is 10.1 Å². The molecule has 0 aliphatic carbocycles. The molecule has 0 amide bonds. The van der Waals surface area contributed by atoms with Gasteiger partial charge in [-0.05, 0) is 18.9 Å². The molecule has 1 heterocycles. The van der Waals surface area contributed by atoms with Gasteiger partial charge in [0.25, 0.3) is 5.69 Å². The molecule has 0 spiro atoms. The Hall–Kier alpha value is -1.91. The minimum atomic E-state index is -0.408. The zero-order chi connectivity index (χ0) is 11.4. The fourth-order valence-electron chi connectivity index (χ4n) is 1.69. The average molecular weight is 219 g/mol. The number of hydrogen-bond acceptors (Lipinski definition) is 3. The van der Waals surface area contributed by atoms with Gasteiger partial charge in [0.15, 0.2) is 0 Å². The first-order valence-electron chi connectivity index (χ1n) is 5.28. The van der Waals surface area contributed by atoms with Gasteiger partial charge in [-0.25, -0.2) is 4.99 Å². The highest BCUT2D eigenvalue weighted by atomic mass is 16.6. The van der Waals surface area contributed by atoms with E-state index in [1.54, 1.807) is 18.5 Å². The van der Waals surface area contributed by atoms with E-state index in [1.807, 2.05) is 0 Å². The molecule has 1 aliphatic rings. The van der Waals surface area contributed by atoms with Gasteiger partial charge >= 0.3 is 0 Å². The normalized spacial score (nSPS) is 15.9. The molecule has 84 valence electrons. The summed E-state index contributed by atoms with van der Waals surface area (Å²) in [7, 11) is 0. The number of rotatable bonds is 3. The number of likely N-dealkylation sites (tertiary alicyclic amines) is 1. The van der Waals surface area contributed by atoms with Crippen molar-refractivity contribution in [2.75, 3.05) is 13.1 Å². The molecule has 0 aromatic heterocycles. The van der Waals surface area contributed by atoms with Crippen LogP contribution in [-0.2, 0) is 0 Å². The van der Waals surface area contributed by atoms with Crippen molar-refractivity contribution in [1.82, 2.24) is 4.90 Å². The number of hydrogen-bond donors (Lipinski definition) is 0. The van der Waals surface area contributed by atoms with E-state index in [0.717, 1.165) is 13.1 Å². The summed E-state index contributed by atoms with van der Waals surface area (Å²) in [5.74, 6) is 0. The summed E-state index contributed by atoms with van der Waals surface area (Å²) in [6.45, 7) is 2.05. The first-order chi connectivity index (χ1) is 7.75. The van der Waals surface area contributed by atoms with Crippen molar-refractivity contribution in [3.05, 3.63) is 34.4 Å². The Balaban J connectivity index is 2.08. The molecule has 0 bridgehead atoms. The molecule has 0 atom stereocenters. The second-order valence-corrected chi connectivity index (χ2v) is 3.76. The van der Waals surface area contributed by atoms with Crippen molar-refractivity contribution < 1.29 is 4.92 Å². The predicted octanol–water partition coefficient (Wildman–Crippen LogP) is 2.35. The monoisotopic (exact) mass is 219 g/mol. The molecule has 1 saturated heterocycles. The van der Waals surface area contributed by atoms with Crippen LogP contribution in [0.2, 0.25) is 0 Å². The number of aliphatic imine (C=N–C) groups is 1. The smallest absolute Gasteiger partial charge is 0.271 e. The molecule has 0 saturated carbocycles. The van der Waals surface area contributed by atoms with Crippen LogP contribution in [0, 0.1) is 10.1 Å². The van der Waals surface area contributed by atoms with Gasteiger partial charge in [0.2, 0.25) is 0 Å². The van der Waals surface area contributed by atoms with Gasteiger partial charge in [0.05, 0.1) is 16.9 Å². The largest absolute Gasteiger partial charge is 0.363 e. The molecule has 5 nitrogen and oxygen atoms in total. The second-order valence-electron chi connectivity index (χ2n) is 3.76. The first kappa shape index (κ1) is 10.6. The lowest BCUT2D eigenvalue weighted by atomic mass is 10.3. The summed E-state index contributed by atoms with van der Waals surface area (Å²) >= 11 is 0. The lowest BCUT2D eigenvalue weighted by Crippen LogP contribution is -2.15. The molecule has 5 heteroatoms. The highest BCUT2D eigenvalue weighted by molar-refractivity contribution is 5.62. The highest BCUT2D eigenvalue weighted by Gasteiger charge is 2.08. The van der Waals surface area contributed by atoms with Crippen molar-refractivity contribution in [1.29, 1.82) is 0 Å². The van der Waals surface area contributed by atoms with E-state index in [4.69, 9.17) is 0 Å². The van der Waals surface area contributed by atoms with Gasteiger partial charge < -0.3 is 4.90 Å². The maximum absolute atomic E-state index is 10.6. The highest BCUT2D eigenvalue weighted by Crippen LogP contribution is 2.19. The molecular formula is C11H13N3O2. The molecule has 0 radical (unpaired) electrons. The summed E-state index contributed by atoms with van der Waals surface area (Å²) < 4.78 is 0. The fraction of sp³-hybridized carbons (Fsp3) is 0.364. The number of benzene rings is 1. The van der Waals surface area contributed by atoms with E-state index in [0.29, 0.717) is 5.69 Å². The Bertz CT molecular complexity index is 411. The molecule has 1 aromatic rings. The van der Waals surface area contributed by atoms with E-state index in [9.17, 15) is 10.1 Å². The van der Waals surface area contributed by atoms with E-state index in [1.165, 1.54) is 25.0 Å². The Labute approximate surface area is 93.6 Å². The molecule has 1 aliphatic heterocycles. The molecule has 0 N–H and O–H groups in total. The summed E-state index contributed by atoms with van der Waals surface area (Å²) in [6, 6.07) is 6.36. The van der Waals surface area contributed by atoms with Crippen molar-refractivity contribution in [2.45, 2.75) is 12.8 Å². The van der Waals surface area contributed by atoms with Crippen LogP contribution in [0.3, 0.4) is 0 Å². The zero-order valence-corrected chi connectivity index (χ0v) is 8.87. The van der Waals surface area contributed by atoms with Crippen molar-refractivity contribution in [3.63, 3.8) is 0 Å². The van der Waals surface area contributed by atoms with E-state index >= 15 is 0 Å². The van der Waals surface area contributed by atoms with E-state index in [-0.39, 0.29) is 5.69 Å². The van der Waals surface area contributed by atoms with Gasteiger partial charge in [0.1, 0.15) is 0 Å². The number of non-ortho nitro benzene ring substituents is 1. The Morgan fingerprint density at radius 3 is 2.81 bits per heavy atom. The summed E-state index contributed by atoms with van der Waals surface area (Å²) in [5, 5.41) is 10.6. The van der Waals surface area contributed by atoms with Crippen molar-refractivity contribution in [3.8, 4) is 0 Å². The first-order valence-corrected chi connectivity index (χ1v) is 5.28. The number of nitrogens with zero attached hydrogens (tertiary/aromatic N) is 3. The maximum atomic E-state index is 10.6. The lowest BCUT2D eigenvalue weighted by Gasteiger charge is -2.08. The van der Waals surface area contributed by atoms with Gasteiger partial charge in [0, 0.05) is 25.2 Å². The minimum Gasteiger partial charge on any atom is -0.363 e. The van der Waals surface area contributed by atoms with Crippen LogP contribution in [0.25, 0.3) is 0 Å². The molecule has 16 heavy (non-hydrogen) atoms. The van der Waals surface area contributed by atoms with Gasteiger partial charge in [-0.2, -0.15) is 0 Å². The van der Waals surface area contributed by atoms with E-state index in [2.05, 4.69) is 9.89 Å². The van der Waals surface area contributed by atoms with E-state index < -0.39 is 4.92 Å². The molecule has 1 fully saturated rings. The Morgan fingerprint density at radius 1 is 1.38 bits per heavy atom. The SMILES string of the molecule is O=[N+]([O-])c1cccc(N=CN2CCCC2)c1. The Morgan fingerprint density at radius 2 is 2.12 bits per heavy atom. The number of nitro groups is 1. The molecule has 0 unspecified atom stereocenters. The fourth-order valence-corrected chi connectivity index (χ4v) is 1.69. The molecule has 2 rings (SSSR count). The average Bonchev–Trinajstić information content (AvgIpc) is 2.79. The zero-order valence-electron chi connectivity index (χ0n) is 8.87. The lowest BCUT2D eigenvalue weighted by molar-refractivity contribution is -0.384. The van der Waals surface area contributed by atoms with Crippen LogP contribution in [0.4, 0.5) is 11.4 Å². The van der Waals surface area contributed by atoms with Crippen LogP contribution in [-0.4, -0.2) is 29.3 Å².